The highest BCUT2D eigenvalue weighted by atomic mass is 32.1. The zero-order valence-electron chi connectivity index (χ0n) is 9.73. The second-order valence-electron chi connectivity index (χ2n) is 3.51. The number of amides is 2. The summed E-state index contributed by atoms with van der Waals surface area (Å²) >= 11 is 2.75. The van der Waals surface area contributed by atoms with Crippen LogP contribution in [0.15, 0.2) is 29.6 Å². The maximum absolute atomic E-state index is 11.7. The van der Waals surface area contributed by atoms with Crippen molar-refractivity contribution in [1.29, 1.82) is 0 Å². The summed E-state index contributed by atoms with van der Waals surface area (Å²) in [4.78, 5) is 25.6. The zero-order valence-corrected chi connectivity index (χ0v) is 11.4. The van der Waals surface area contributed by atoms with E-state index in [1.807, 2.05) is 18.4 Å². The van der Waals surface area contributed by atoms with Crippen molar-refractivity contribution in [3.8, 4) is 0 Å². The Balaban J connectivity index is 1.90. The van der Waals surface area contributed by atoms with Crippen molar-refractivity contribution in [2.24, 2.45) is 0 Å². The Labute approximate surface area is 113 Å². The van der Waals surface area contributed by atoms with Crippen LogP contribution in [-0.2, 0) is 6.42 Å². The molecule has 0 aromatic carbocycles. The van der Waals surface area contributed by atoms with Gasteiger partial charge in [0.1, 0.15) is 0 Å². The highest BCUT2D eigenvalue weighted by molar-refractivity contribution is 7.14. The van der Waals surface area contributed by atoms with Gasteiger partial charge in [-0.05, 0) is 30.0 Å². The number of carbonyl (C=O) groups is 2. The fourth-order valence-corrected chi connectivity index (χ4v) is 2.80. The number of nitrogens with one attached hydrogen (secondary N) is 2. The van der Waals surface area contributed by atoms with Crippen molar-refractivity contribution in [1.82, 2.24) is 10.9 Å². The normalized spacial score (nSPS) is 10.1. The molecule has 0 aliphatic rings. The van der Waals surface area contributed by atoms with E-state index in [0.29, 0.717) is 9.75 Å². The van der Waals surface area contributed by atoms with E-state index < -0.39 is 0 Å². The molecule has 0 spiro atoms. The van der Waals surface area contributed by atoms with E-state index in [2.05, 4.69) is 10.9 Å². The topological polar surface area (TPSA) is 58.2 Å². The molecule has 18 heavy (non-hydrogen) atoms. The number of carbonyl (C=O) groups excluding carboxylic acids is 2. The molecule has 0 aliphatic heterocycles. The van der Waals surface area contributed by atoms with E-state index in [-0.39, 0.29) is 11.8 Å². The lowest BCUT2D eigenvalue weighted by Gasteiger charge is -2.04. The van der Waals surface area contributed by atoms with Crippen molar-refractivity contribution < 1.29 is 9.59 Å². The van der Waals surface area contributed by atoms with E-state index in [1.54, 1.807) is 18.2 Å². The van der Waals surface area contributed by atoms with E-state index in [4.69, 9.17) is 0 Å². The average Bonchev–Trinajstić information content (AvgIpc) is 3.05. The van der Waals surface area contributed by atoms with Gasteiger partial charge in [-0.3, -0.25) is 20.4 Å². The van der Waals surface area contributed by atoms with Gasteiger partial charge in [-0.15, -0.1) is 22.7 Å². The molecule has 2 aromatic rings. The first-order valence-electron chi connectivity index (χ1n) is 5.43. The smallest absolute Gasteiger partial charge is 0.266 e. The van der Waals surface area contributed by atoms with Crippen molar-refractivity contribution in [2.45, 2.75) is 13.3 Å². The summed E-state index contributed by atoms with van der Waals surface area (Å²) in [6.45, 7) is 2.03. The van der Waals surface area contributed by atoms with Gasteiger partial charge in [0, 0.05) is 4.88 Å². The Morgan fingerprint density at radius 3 is 2.39 bits per heavy atom. The molecule has 0 atom stereocenters. The van der Waals surface area contributed by atoms with E-state index in [0.717, 1.165) is 11.3 Å². The number of rotatable bonds is 3. The SMILES string of the molecule is CCc1ccc(C(=O)NNC(=O)c2cccs2)s1. The third-order valence-corrected chi connectivity index (χ3v) is 4.37. The first kappa shape index (κ1) is 12.8. The van der Waals surface area contributed by atoms with Crippen LogP contribution < -0.4 is 10.9 Å². The molecule has 0 radical (unpaired) electrons. The molecule has 0 unspecified atom stereocenters. The summed E-state index contributed by atoms with van der Waals surface area (Å²) in [5.74, 6) is -0.588. The van der Waals surface area contributed by atoms with Gasteiger partial charge in [-0.1, -0.05) is 13.0 Å². The lowest BCUT2D eigenvalue weighted by molar-refractivity contribution is 0.0851. The Kier molecular flexibility index (Phi) is 4.11. The van der Waals surface area contributed by atoms with Gasteiger partial charge < -0.3 is 0 Å². The Morgan fingerprint density at radius 1 is 1.11 bits per heavy atom. The number of aryl methyl sites for hydroxylation is 1. The molecule has 2 rings (SSSR count). The zero-order chi connectivity index (χ0) is 13.0. The summed E-state index contributed by atoms with van der Waals surface area (Å²) in [6.07, 6.45) is 0.902. The molecule has 2 N–H and O–H groups in total. The number of hydrogen-bond acceptors (Lipinski definition) is 4. The van der Waals surface area contributed by atoms with Gasteiger partial charge in [0.15, 0.2) is 0 Å². The van der Waals surface area contributed by atoms with Gasteiger partial charge in [0.05, 0.1) is 9.75 Å². The first-order chi connectivity index (χ1) is 8.70. The molecule has 6 heteroatoms. The monoisotopic (exact) mass is 280 g/mol. The minimum Gasteiger partial charge on any atom is -0.266 e. The van der Waals surface area contributed by atoms with Crippen molar-refractivity contribution >= 4 is 34.5 Å². The van der Waals surface area contributed by atoms with Gasteiger partial charge >= 0.3 is 0 Å². The van der Waals surface area contributed by atoms with Crippen LogP contribution in [0.2, 0.25) is 0 Å². The quantitative estimate of drug-likeness (QED) is 0.848. The van der Waals surface area contributed by atoms with Crippen LogP contribution in [-0.4, -0.2) is 11.8 Å². The molecular weight excluding hydrogens is 268 g/mol. The van der Waals surface area contributed by atoms with E-state index >= 15 is 0 Å². The molecule has 0 saturated carbocycles. The molecule has 0 aliphatic carbocycles. The van der Waals surface area contributed by atoms with Gasteiger partial charge in [-0.2, -0.15) is 0 Å². The highest BCUT2D eigenvalue weighted by Crippen LogP contribution is 2.16. The maximum atomic E-state index is 11.7. The molecule has 4 nitrogen and oxygen atoms in total. The molecule has 0 saturated heterocycles. The van der Waals surface area contributed by atoms with Crippen LogP contribution in [0.4, 0.5) is 0 Å². The predicted octanol–water partition coefficient (Wildman–Crippen LogP) is 2.45. The highest BCUT2D eigenvalue weighted by Gasteiger charge is 2.11. The molecule has 94 valence electrons. The Hall–Kier alpha value is -1.66. The van der Waals surface area contributed by atoms with E-state index in [9.17, 15) is 9.59 Å². The fraction of sp³-hybridized carbons (Fsp3) is 0.167. The summed E-state index contributed by atoms with van der Waals surface area (Å²) in [7, 11) is 0. The lowest BCUT2D eigenvalue weighted by Crippen LogP contribution is -2.41. The van der Waals surface area contributed by atoms with Crippen molar-refractivity contribution in [3.05, 3.63) is 44.3 Å². The first-order valence-corrected chi connectivity index (χ1v) is 7.13. The maximum Gasteiger partial charge on any atom is 0.279 e. The molecule has 2 amide bonds. The summed E-state index contributed by atoms with van der Waals surface area (Å²) in [6, 6.07) is 7.16. The van der Waals surface area contributed by atoms with Crippen LogP contribution in [0.3, 0.4) is 0 Å². The Morgan fingerprint density at radius 2 is 1.83 bits per heavy atom. The standard InChI is InChI=1S/C12H12N2O2S2/c1-2-8-5-6-10(18-8)12(16)14-13-11(15)9-4-3-7-17-9/h3-7H,2H2,1H3,(H,13,15)(H,14,16). The average molecular weight is 280 g/mol. The van der Waals surface area contributed by atoms with Crippen LogP contribution in [0.5, 0.6) is 0 Å². The minimum absolute atomic E-state index is 0.287. The summed E-state index contributed by atoms with van der Waals surface area (Å²) in [5, 5.41) is 1.81. The minimum atomic E-state index is -0.300. The number of thiophene rings is 2. The predicted molar refractivity (Wildman–Crippen MR) is 72.9 cm³/mol. The Bertz CT molecular complexity index is 546. The van der Waals surface area contributed by atoms with Crippen LogP contribution in [0.25, 0.3) is 0 Å². The third-order valence-electron chi connectivity index (χ3n) is 2.27. The third kappa shape index (κ3) is 2.96. The number of hydrogen-bond donors (Lipinski definition) is 2. The van der Waals surface area contributed by atoms with Crippen LogP contribution in [0, 0.1) is 0 Å². The van der Waals surface area contributed by atoms with Crippen LogP contribution in [0.1, 0.15) is 31.1 Å². The van der Waals surface area contributed by atoms with Gasteiger partial charge in [0.2, 0.25) is 0 Å². The molecule has 0 fully saturated rings. The lowest BCUT2D eigenvalue weighted by atomic mass is 10.3. The van der Waals surface area contributed by atoms with Crippen LogP contribution >= 0.6 is 22.7 Å². The summed E-state index contributed by atoms with van der Waals surface area (Å²) < 4.78 is 0. The number of hydrazine groups is 1. The second-order valence-corrected chi connectivity index (χ2v) is 5.62. The fourth-order valence-electron chi connectivity index (χ4n) is 1.33. The molecular formula is C12H12N2O2S2. The van der Waals surface area contributed by atoms with E-state index in [1.165, 1.54) is 22.7 Å². The van der Waals surface area contributed by atoms with Crippen molar-refractivity contribution in [3.63, 3.8) is 0 Å². The largest absolute Gasteiger partial charge is 0.279 e. The van der Waals surface area contributed by atoms with Crippen molar-refractivity contribution in [2.75, 3.05) is 0 Å². The van der Waals surface area contributed by atoms with Gasteiger partial charge in [-0.25, -0.2) is 0 Å². The molecule has 2 aromatic heterocycles. The molecule has 2 heterocycles. The molecule has 0 bridgehead atoms. The second kappa shape index (κ2) is 5.79. The summed E-state index contributed by atoms with van der Waals surface area (Å²) in [5.41, 5.74) is 4.79. The van der Waals surface area contributed by atoms with Gasteiger partial charge in [0.25, 0.3) is 11.8 Å².